The third kappa shape index (κ3) is 6.24. The van der Waals surface area contributed by atoms with E-state index in [1.165, 1.54) is 0 Å². The lowest BCUT2D eigenvalue weighted by Crippen LogP contribution is -2.50. The molecule has 0 bridgehead atoms. The van der Waals surface area contributed by atoms with Crippen LogP contribution in [0.3, 0.4) is 0 Å². The number of amides is 3. The molecule has 27 heavy (non-hydrogen) atoms. The third-order valence-electron chi connectivity index (χ3n) is 4.97. The molecule has 0 saturated carbocycles. The Morgan fingerprint density at radius 3 is 2.15 bits per heavy atom. The summed E-state index contributed by atoms with van der Waals surface area (Å²) < 4.78 is 0. The van der Waals surface area contributed by atoms with E-state index in [2.05, 4.69) is 5.32 Å². The molecule has 0 unspecified atom stereocenters. The van der Waals surface area contributed by atoms with Crippen molar-refractivity contribution in [3.8, 4) is 0 Å². The fraction of sp³-hybridized carbons (Fsp3) is 0.550. The normalized spacial score (nSPS) is 14.8. The van der Waals surface area contributed by atoms with Crippen LogP contribution in [0.1, 0.15) is 39.2 Å². The van der Waals surface area contributed by atoms with Gasteiger partial charge in [-0.1, -0.05) is 37.6 Å². The predicted octanol–water partition coefficient (Wildman–Crippen LogP) is 2.20. The van der Waals surface area contributed by atoms with Gasteiger partial charge in [-0.25, -0.2) is 0 Å². The molecule has 1 aliphatic rings. The zero-order valence-electron chi connectivity index (χ0n) is 16.3. The fourth-order valence-corrected chi connectivity index (χ4v) is 3.33. The molecule has 6 nitrogen and oxygen atoms in total. The highest BCUT2D eigenvalue weighted by Crippen LogP contribution is 2.27. The molecule has 1 saturated heterocycles. The van der Waals surface area contributed by atoms with Crippen molar-refractivity contribution in [3.05, 3.63) is 34.9 Å². The molecule has 148 valence electrons. The maximum atomic E-state index is 12.3. The summed E-state index contributed by atoms with van der Waals surface area (Å²) in [4.78, 5) is 39.3. The minimum absolute atomic E-state index is 0.00969. The van der Waals surface area contributed by atoms with Gasteiger partial charge in [-0.15, -0.1) is 0 Å². The largest absolute Gasteiger partial charge is 0.356 e. The Morgan fingerprint density at radius 2 is 1.59 bits per heavy atom. The summed E-state index contributed by atoms with van der Waals surface area (Å²) in [5.74, 6) is -0.0303. The Morgan fingerprint density at radius 1 is 1.04 bits per heavy atom. The molecule has 1 aromatic carbocycles. The van der Waals surface area contributed by atoms with Crippen molar-refractivity contribution in [2.45, 2.75) is 39.0 Å². The second-order valence-electron chi connectivity index (χ2n) is 7.55. The number of benzene rings is 1. The van der Waals surface area contributed by atoms with Gasteiger partial charge in [-0.2, -0.15) is 0 Å². The van der Waals surface area contributed by atoms with Crippen LogP contribution in [-0.2, 0) is 19.8 Å². The van der Waals surface area contributed by atoms with Crippen LogP contribution < -0.4 is 5.32 Å². The van der Waals surface area contributed by atoms with Crippen molar-refractivity contribution in [1.29, 1.82) is 0 Å². The molecule has 2 rings (SSSR count). The summed E-state index contributed by atoms with van der Waals surface area (Å²) in [6, 6.07) is 7.50. The zero-order chi connectivity index (χ0) is 20.0. The van der Waals surface area contributed by atoms with E-state index >= 15 is 0 Å². The van der Waals surface area contributed by atoms with Crippen molar-refractivity contribution in [3.63, 3.8) is 0 Å². The zero-order valence-corrected chi connectivity index (χ0v) is 17.0. The van der Waals surface area contributed by atoms with E-state index < -0.39 is 0 Å². The standard InChI is InChI=1S/C20H28ClN3O3/c1-15(25)23-10-12-24(13-11-23)19(27)8-9-22-18(26)14-20(2,3)16-4-6-17(21)7-5-16/h4-7H,8-14H2,1-3H3,(H,22,26). The van der Waals surface area contributed by atoms with Gasteiger partial charge in [0.1, 0.15) is 0 Å². The molecular weight excluding hydrogens is 366 g/mol. The highest BCUT2D eigenvalue weighted by molar-refractivity contribution is 6.30. The van der Waals surface area contributed by atoms with Gasteiger partial charge in [0.2, 0.25) is 17.7 Å². The molecule has 1 aromatic rings. The molecule has 0 radical (unpaired) electrons. The Balaban J connectivity index is 1.73. The fourth-order valence-electron chi connectivity index (χ4n) is 3.20. The Hall–Kier alpha value is -2.08. The van der Waals surface area contributed by atoms with E-state index in [-0.39, 0.29) is 29.6 Å². The maximum absolute atomic E-state index is 12.3. The topological polar surface area (TPSA) is 69.7 Å². The lowest BCUT2D eigenvalue weighted by molar-refractivity contribution is -0.138. The van der Waals surface area contributed by atoms with Crippen molar-refractivity contribution in [1.82, 2.24) is 15.1 Å². The third-order valence-corrected chi connectivity index (χ3v) is 5.22. The lowest BCUT2D eigenvalue weighted by Gasteiger charge is -2.34. The van der Waals surface area contributed by atoms with Crippen LogP contribution in [0, 0.1) is 0 Å². The van der Waals surface area contributed by atoms with Gasteiger partial charge in [0, 0.05) is 57.5 Å². The van der Waals surface area contributed by atoms with Crippen molar-refractivity contribution in [2.24, 2.45) is 0 Å². The molecule has 0 aromatic heterocycles. The molecule has 0 atom stereocenters. The number of rotatable bonds is 6. The SMILES string of the molecule is CC(=O)N1CCN(C(=O)CCNC(=O)CC(C)(C)c2ccc(Cl)cc2)CC1. The van der Waals surface area contributed by atoms with E-state index in [4.69, 9.17) is 11.6 Å². The van der Waals surface area contributed by atoms with E-state index in [1.807, 2.05) is 38.1 Å². The Bertz CT molecular complexity index is 680. The number of carbonyl (C=O) groups is 3. The number of hydrogen-bond donors (Lipinski definition) is 1. The molecule has 1 fully saturated rings. The number of nitrogens with zero attached hydrogens (tertiary/aromatic N) is 2. The first-order chi connectivity index (χ1) is 12.7. The highest BCUT2D eigenvalue weighted by atomic mass is 35.5. The monoisotopic (exact) mass is 393 g/mol. The summed E-state index contributed by atoms with van der Waals surface area (Å²) in [5, 5.41) is 3.51. The number of nitrogens with one attached hydrogen (secondary N) is 1. The van der Waals surface area contributed by atoms with Crippen LogP contribution in [0.4, 0.5) is 0 Å². The molecule has 1 aliphatic heterocycles. The molecule has 0 spiro atoms. The molecule has 7 heteroatoms. The minimum atomic E-state index is -0.318. The van der Waals surface area contributed by atoms with Gasteiger partial charge in [0.25, 0.3) is 0 Å². The molecule has 3 amide bonds. The van der Waals surface area contributed by atoms with E-state index in [0.29, 0.717) is 44.2 Å². The van der Waals surface area contributed by atoms with Crippen molar-refractivity contribution < 1.29 is 14.4 Å². The molecule has 1 N–H and O–H groups in total. The van der Waals surface area contributed by atoms with Crippen molar-refractivity contribution in [2.75, 3.05) is 32.7 Å². The average molecular weight is 394 g/mol. The van der Waals surface area contributed by atoms with Gasteiger partial charge in [-0.3, -0.25) is 14.4 Å². The van der Waals surface area contributed by atoms with Crippen LogP contribution in [0.2, 0.25) is 5.02 Å². The molecule has 1 heterocycles. The first kappa shape index (κ1) is 21.2. The first-order valence-electron chi connectivity index (χ1n) is 9.25. The Kier molecular flexibility index (Phi) is 7.25. The summed E-state index contributed by atoms with van der Waals surface area (Å²) >= 11 is 5.92. The van der Waals surface area contributed by atoms with Crippen LogP contribution in [0.15, 0.2) is 24.3 Å². The second-order valence-corrected chi connectivity index (χ2v) is 7.99. The summed E-state index contributed by atoms with van der Waals surface area (Å²) in [7, 11) is 0. The molecular formula is C20H28ClN3O3. The number of hydrogen-bond acceptors (Lipinski definition) is 3. The van der Waals surface area contributed by atoms with Gasteiger partial charge in [0.05, 0.1) is 0 Å². The summed E-state index contributed by atoms with van der Waals surface area (Å²) in [6.07, 6.45) is 0.604. The van der Waals surface area contributed by atoms with Crippen molar-refractivity contribution >= 4 is 29.3 Å². The van der Waals surface area contributed by atoms with Crippen LogP contribution in [-0.4, -0.2) is 60.2 Å². The number of piperazine rings is 1. The predicted molar refractivity (Wildman–Crippen MR) is 106 cm³/mol. The van der Waals surface area contributed by atoms with Gasteiger partial charge in [-0.05, 0) is 23.1 Å². The van der Waals surface area contributed by atoms with Gasteiger partial charge < -0.3 is 15.1 Å². The van der Waals surface area contributed by atoms with Gasteiger partial charge in [0.15, 0.2) is 0 Å². The minimum Gasteiger partial charge on any atom is -0.356 e. The maximum Gasteiger partial charge on any atom is 0.224 e. The second kappa shape index (κ2) is 9.22. The van der Waals surface area contributed by atoms with E-state index in [0.717, 1.165) is 5.56 Å². The lowest BCUT2D eigenvalue weighted by atomic mass is 9.81. The molecule has 0 aliphatic carbocycles. The van der Waals surface area contributed by atoms with E-state index in [9.17, 15) is 14.4 Å². The number of carbonyl (C=O) groups excluding carboxylic acids is 3. The first-order valence-corrected chi connectivity index (χ1v) is 9.63. The van der Waals surface area contributed by atoms with Crippen LogP contribution >= 0.6 is 11.6 Å². The quantitative estimate of drug-likeness (QED) is 0.805. The highest BCUT2D eigenvalue weighted by Gasteiger charge is 2.25. The smallest absolute Gasteiger partial charge is 0.224 e. The van der Waals surface area contributed by atoms with Gasteiger partial charge >= 0.3 is 0 Å². The summed E-state index contributed by atoms with van der Waals surface area (Å²) in [6.45, 7) is 8.13. The van der Waals surface area contributed by atoms with E-state index in [1.54, 1.807) is 16.7 Å². The van der Waals surface area contributed by atoms with Crippen LogP contribution in [0.5, 0.6) is 0 Å². The number of halogens is 1. The summed E-state index contributed by atoms with van der Waals surface area (Å²) in [5.41, 5.74) is 0.725. The average Bonchev–Trinajstić information content (AvgIpc) is 2.61. The van der Waals surface area contributed by atoms with Crippen LogP contribution in [0.25, 0.3) is 0 Å². The Labute approximate surface area is 165 Å².